The highest BCUT2D eigenvalue weighted by Gasteiger charge is 2.22. The molecule has 1 aliphatic rings. The summed E-state index contributed by atoms with van der Waals surface area (Å²) in [4.78, 5) is 0. The van der Waals surface area contributed by atoms with E-state index < -0.39 is 0 Å². The van der Waals surface area contributed by atoms with Gasteiger partial charge in [-0.2, -0.15) is 0 Å². The zero-order valence-corrected chi connectivity index (χ0v) is 11.6. The van der Waals surface area contributed by atoms with Crippen LogP contribution in [0.1, 0.15) is 42.9 Å². The lowest BCUT2D eigenvalue weighted by atomic mass is 9.89. The van der Waals surface area contributed by atoms with Crippen LogP contribution in [0.4, 0.5) is 0 Å². The van der Waals surface area contributed by atoms with Gasteiger partial charge in [0.25, 0.3) is 0 Å². The van der Waals surface area contributed by atoms with E-state index in [1.165, 1.54) is 27.8 Å². The Morgan fingerprint density at radius 2 is 1.74 bits per heavy atom. The molecule has 2 unspecified atom stereocenters. The summed E-state index contributed by atoms with van der Waals surface area (Å²) >= 11 is 0. The Bertz CT molecular complexity index is 598. The minimum Gasteiger partial charge on any atom is -0.393 e. The molecular weight excluding hydrogens is 232 g/mol. The van der Waals surface area contributed by atoms with Gasteiger partial charge in [-0.25, -0.2) is 0 Å². The first kappa shape index (κ1) is 12.4. The Labute approximate surface area is 114 Å². The normalized spacial score (nSPS) is 15.7. The average Bonchev–Trinajstić information content (AvgIpc) is 2.76. The summed E-state index contributed by atoms with van der Waals surface area (Å²) in [6.07, 6.45) is 1.62. The van der Waals surface area contributed by atoms with Crippen molar-refractivity contribution in [2.24, 2.45) is 0 Å². The molecule has 0 saturated carbocycles. The molecule has 98 valence electrons. The first-order valence-electron chi connectivity index (χ1n) is 7.05. The third-order valence-corrected chi connectivity index (χ3v) is 4.11. The maximum absolute atomic E-state index is 9.61. The topological polar surface area (TPSA) is 20.2 Å². The molecular formula is C18H20O. The minimum absolute atomic E-state index is 0.241. The van der Waals surface area contributed by atoms with Crippen LogP contribution in [0.5, 0.6) is 0 Å². The molecule has 0 spiro atoms. The van der Waals surface area contributed by atoms with E-state index in [4.69, 9.17) is 0 Å². The van der Waals surface area contributed by atoms with Crippen molar-refractivity contribution >= 4 is 0 Å². The molecule has 1 heteroatoms. The fourth-order valence-corrected chi connectivity index (χ4v) is 3.28. The predicted octanol–water partition coefficient (Wildman–Crippen LogP) is 4.13. The molecule has 0 bridgehead atoms. The van der Waals surface area contributed by atoms with Gasteiger partial charge in [0.1, 0.15) is 0 Å². The summed E-state index contributed by atoms with van der Waals surface area (Å²) in [5.41, 5.74) is 7.04. The second-order valence-corrected chi connectivity index (χ2v) is 5.69. The van der Waals surface area contributed by atoms with Crippen molar-refractivity contribution in [1.29, 1.82) is 0 Å². The fraction of sp³-hybridized carbons (Fsp3) is 0.333. The lowest BCUT2D eigenvalue weighted by Crippen LogP contribution is -2.07. The van der Waals surface area contributed by atoms with E-state index in [0.717, 1.165) is 12.8 Å². The van der Waals surface area contributed by atoms with Crippen molar-refractivity contribution < 1.29 is 5.11 Å². The molecule has 2 aromatic rings. The first-order valence-corrected chi connectivity index (χ1v) is 7.05. The van der Waals surface area contributed by atoms with E-state index >= 15 is 0 Å². The monoisotopic (exact) mass is 252 g/mol. The zero-order chi connectivity index (χ0) is 13.4. The largest absolute Gasteiger partial charge is 0.393 e. The highest BCUT2D eigenvalue weighted by Crippen LogP contribution is 2.40. The molecule has 0 aliphatic heterocycles. The number of aliphatic hydroxyl groups is 1. The summed E-state index contributed by atoms with van der Waals surface area (Å²) in [7, 11) is 0. The molecule has 0 saturated heterocycles. The van der Waals surface area contributed by atoms with Crippen LogP contribution < -0.4 is 0 Å². The van der Waals surface area contributed by atoms with Gasteiger partial charge in [0, 0.05) is 0 Å². The van der Waals surface area contributed by atoms with Crippen molar-refractivity contribution in [2.45, 2.75) is 38.7 Å². The number of aliphatic hydroxyl groups excluding tert-OH is 1. The molecule has 1 nitrogen and oxygen atoms in total. The number of rotatable bonds is 3. The predicted molar refractivity (Wildman–Crippen MR) is 79.4 cm³/mol. The summed E-state index contributed by atoms with van der Waals surface area (Å²) in [6.45, 7) is 4.08. The molecule has 0 heterocycles. The molecule has 1 N–H and O–H groups in total. The molecule has 2 aromatic carbocycles. The van der Waals surface area contributed by atoms with Crippen molar-refractivity contribution in [3.8, 4) is 11.1 Å². The Morgan fingerprint density at radius 1 is 1.00 bits per heavy atom. The summed E-state index contributed by atoms with van der Waals surface area (Å²) in [5, 5.41) is 9.61. The lowest BCUT2D eigenvalue weighted by Gasteiger charge is -2.17. The van der Waals surface area contributed by atoms with Crippen molar-refractivity contribution in [2.75, 3.05) is 0 Å². The van der Waals surface area contributed by atoms with Crippen molar-refractivity contribution in [3.63, 3.8) is 0 Å². The van der Waals surface area contributed by atoms with Crippen LogP contribution in [-0.4, -0.2) is 11.2 Å². The Morgan fingerprint density at radius 3 is 2.53 bits per heavy atom. The highest BCUT2D eigenvalue weighted by atomic mass is 16.3. The van der Waals surface area contributed by atoms with E-state index in [1.54, 1.807) is 0 Å². The molecule has 0 aromatic heterocycles. The molecule has 19 heavy (non-hydrogen) atoms. The van der Waals surface area contributed by atoms with Crippen molar-refractivity contribution in [1.82, 2.24) is 0 Å². The van der Waals surface area contributed by atoms with Crippen LogP contribution >= 0.6 is 0 Å². The highest BCUT2D eigenvalue weighted by molar-refractivity contribution is 5.78. The van der Waals surface area contributed by atoms with Crippen LogP contribution in [0.15, 0.2) is 42.5 Å². The number of benzene rings is 2. The lowest BCUT2D eigenvalue weighted by molar-refractivity contribution is 0.176. The summed E-state index contributed by atoms with van der Waals surface area (Å²) in [5.74, 6) is 0.407. The first-order chi connectivity index (χ1) is 9.16. The molecule has 3 rings (SSSR count). The molecule has 0 amide bonds. The number of hydrogen-bond donors (Lipinski definition) is 1. The minimum atomic E-state index is -0.241. The van der Waals surface area contributed by atoms with Crippen molar-refractivity contribution in [3.05, 3.63) is 59.2 Å². The molecule has 0 radical (unpaired) electrons. The second kappa shape index (κ2) is 4.82. The van der Waals surface area contributed by atoms with Gasteiger partial charge in [-0.1, -0.05) is 49.4 Å². The maximum atomic E-state index is 9.61. The van der Waals surface area contributed by atoms with Gasteiger partial charge in [-0.05, 0) is 53.5 Å². The second-order valence-electron chi connectivity index (χ2n) is 5.69. The van der Waals surface area contributed by atoms with Gasteiger partial charge in [0.05, 0.1) is 6.10 Å². The van der Waals surface area contributed by atoms with Crippen LogP contribution in [-0.2, 0) is 6.42 Å². The Hall–Kier alpha value is -1.60. The average molecular weight is 252 g/mol. The van der Waals surface area contributed by atoms with Crippen LogP contribution in [0, 0.1) is 0 Å². The standard InChI is InChI=1S/C18H20O/c1-12(10-13(2)19)15-8-5-9-17-16-7-4-3-6-14(16)11-18(15)17/h3-9,12-13,19H,10-11H2,1-2H3. The van der Waals surface area contributed by atoms with Crippen LogP contribution in [0.3, 0.4) is 0 Å². The van der Waals surface area contributed by atoms with Gasteiger partial charge in [0.15, 0.2) is 0 Å². The van der Waals surface area contributed by atoms with Crippen LogP contribution in [0.25, 0.3) is 11.1 Å². The fourth-order valence-electron chi connectivity index (χ4n) is 3.28. The van der Waals surface area contributed by atoms with Gasteiger partial charge in [0.2, 0.25) is 0 Å². The zero-order valence-electron chi connectivity index (χ0n) is 11.6. The Balaban J connectivity index is 2.03. The van der Waals surface area contributed by atoms with E-state index in [9.17, 15) is 5.11 Å². The molecule has 2 atom stereocenters. The number of fused-ring (bicyclic) bond motifs is 3. The van der Waals surface area contributed by atoms with Gasteiger partial charge < -0.3 is 5.11 Å². The Kier molecular flexibility index (Phi) is 3.16. The SMILES string of the molecule is CC(O)CC(C)c1cccc2c1Cc1ccccc1-2. The van der Waals surface area contributed by atoms with E-state index in [-0.39, 0.29) is 6.10 Å². The van der Waals surface area contributed by atoms with E-state index in [1.807, 2.05) is 6.92 Å². The van der Waals surface area contributed by atoms with E-state index in [0.29, 0.717) is 5.92 Å². The third-order valence-electron chi connectivity index (χ3n) is 4.11. The van der Waals surface area contributed by atoms with E-state index in [2.05, 4.69) is 49.4 Å². The van der Waals surface area contributed by atoms with Crippen LogP contribution in [0.2, 0.25) is 0 Å². The molecule has 0 fully saturated rings. The van der Waals surface area contributed by atoms with Gasteiger partial charge in [-0.3, -0.25) is 0 Å². The summed E-state index contributed by atoms with van der Waals surface area (Å²) in [6, 6.07) is 15.2. The quantitative estimate of drug-likeness (QED) is 0.743. The maximum Gasteiger partial charge on any atom is 0.0517 e. The third kappa shape index (κ3) is 2.19. The number of hydrogen-bond acceptors (Lipinski definition) is 1. The summed E-state index contributed by atoms with van der Waals surface area (Å²) < 4.78 is 0. The molecule has 1 aliphatic carbocycles. The van der Waals surface area contributed by atoms with Gasteiger partial charge in [-0.15, -0.1) is 0 Å². The smallest absolute Gasteiger partial charge is 0.0517 e. The van der Waals surface area contributed by atoms with Gasteiger partial charge >= 0.3 is 0 Å².